The van der Waals surface area contributed by atoms with Crippen molar-refractivity contribution in [2.24, 2.45) is 0 Å². The normalized spacial score (nSPS) is 19.0. The Morgan fingerprint density at radius 1 is 0.833 bits per heavy atom. The molecular weight excluding hydrogens is 306 g/mol. The largest absolute Gasteiger partial charge is 0.256 e. The van der Waals surface area contributed by atoms with Gasteiger partial charge in [-0.05, 0) is 53.0 Å². The molecular formula is C22H31NSi. The molecule has 128 valence electrons. The highest BCUT2D eigenvalue weighted by Crippen LogP contribution is 2.46. The van der Waals surface area contributed by atoms with Gasteiger partial charge in [0, 0.05) is 11.8 Å². The molecule has 1 aliphatic carbocycles. The van der Waals surface area contributed by atoms with Crippen molar-refractivity contribution in [1.82, 2.24) is 4.98 Å². The van der Waals surface area contributed by atoms with Crippen LogP contribution >= 0.6 is 0 Å². The van der Waals surface area contributed by atoms with Gasteiger partial charge in [0.25, 0.3) is 0 Å². The highest BCUT2D eigenvalue weighted by molar-refractivity contribution is 6.88. The van der Waals surface area contributed by atoms with Crippen molar-refractivity contribution in [3.05, 3.63) is 47.7 Å². The maximum atomic E-state index is 4.68. The summed E-state index contributed by atoms with van der Waals surface area (Å²) in [7, 11) is -1.32. The number of hydrogen-bond donors (Lipinski definition) is 0. The number of nitrogens with zero attached hydrogens (tertiary/aromatic N) is 1. The second-order valence-electron chi connectivity index (χ2n) is 9.71. The number of aromatic nitrogens is 1. The van der Waals surface area contributed by atoms with E-state index in [1.165, 1.54) is 34.7 Å². The molecule has 0 atom stereocenters. The molecule has 0 saturated heterocycles. The van der Waals surface area contributed by atoms with Crippen LogP contribution in [0.3, 0.4) is 0 Å². The molecule has 1 heterocycles. The third-order valence-corrected chi connectivity index (χ3v) is 7.82. The first kappa shape index (κ1) is 17.4. The molecule has 0 saturated carbocycles. The molecule has 24 heavy (non-hydrogen) atoms. The lowest BCUT2D eigenvalue weighted by Crippen LogP contribution is -2.37. The van der Waals surface area contributed by atoms with Gasteiger partial charge in [-0.15, -0.1) is 0 Å². The molecule has 1 aliphatic rings. The molecule has 2 heteroatoms. The number of benzene rings is 1. The van der Waals surface area contributed by atoms with Gasteiger partial charge in [0.05, 0.1) is 13.8 Å². The molecule has 0 N–H and O–H groups in total. The minimum absolute atomic E-state index is 0.247. The molecule has 1 nitrogen and oxygen atoms in total. The van der Waals surface area contributed by atoms with Crippen molar-refractivity contribution < 1.29 is 0 Å². The maximum Gasteiger partial charge on any atom is 0.0777 e. The van der Waals surface area contributed by atoms with Crippen LogP contribution in [0.25, 0.3) is 11.3 Å². The van der Waals surface area contributed by atoms with Crippen molar-refractivity contribution in [1.29, 1.82) is 0 Å². The van der Waals surface area contributed by atoms with Crippen LogP contribution < -0.4 is 5.19 Å². The van der Waals surface area contributed by atoms with Crippen LogP contribution in [0.4, 0.5) is 0 Å². The van der Waals surface area contributed by atoms with Gasteiger partial charge in [0.15, 0.2) is 0 Å². The van der Waals surface area contributed by atoms with E-state index in [4.69, 9.17) is 0 Å². The van der Waals surface area contributed by atoms with E-state index < -0.39 is 8.07 Å². The molecule has 1 aromatic heterocycles. The van der Waals surface area contributed by atoms with Crippen molar-refractivity contribution >= 4 is 13.3 Å². The third kappa shape index (κ3) is 3.09. The molecule has 0 spiro atoms. The van der Waals surface area contributed by atoms with Gasteiger partial charge in [-0.25, -0.2) is 0 Å². The van der Waals surface area contributed by atoms with Crippen LogP contribution in [-0.4, -0.2) is 13.1 Å². The van der Waals surface area contributed by atoms with Crippen molar-refractivity contribution in [2.75, 3.05) is 0 Å². The number of hydrogen-bond acceptors (Lipinski definition) is 1. The first-order valence-corrected chi connectivity index (χ1v) is 12.6. The van der Waals surface area contributed by atoms with Gasteiger partial charge < -0.3 is 0 Å². The van der Waals surface area contributed by atoms with E-state index in [0.29, 0.717) is 0 Å². The Morgan fingerprint density at radius 2 is 1.46 bits per heavy atom. The second kappa shape index (κ2) is 5.55. The predicted octanol–water partition coefficient (Wildman–Crippen LogP) is 5.64. The summed E-state index contributed by atoms with van der Waals surface area (Å²) >= 11 is 0. The fraction of sp³-hybridized carbons (Fsp3) is 0.500. The Hall–Kier alpha value is -1.41. The van der Waals surface area contributed by atoms with E-state index in [1.54, 1.807) is 0 Å². The van der Waals surface area contributed by atoms with Gasteiger partial charge in [-0.1, -0.05) is 64.7 Å². The van der Waals surface area contributed by atoms with Crippen LogP contribution in [0.2, 0.25) is 19.6 Å². The first-order valence-electron chi connectivity index (χ1n) is 9.13. The molecule has 0 amide bonds. The topological polar surface area (TPSA) is 12.9 Å². The Labute approximate surface area is 148 Å². The SMILES string of the molecule is CC1(C)CCC(C)(C)c2cc(-c3cc([Si](C)(C)C)ccn3)ccc21. The van der Waals surface area contributed by atoms with E-state index in [1.807, 2.05) is 6.20 Å². The number of rotatable bonds is 2. The molecule has 0 fully saturated rings. The lowest BCUT2D eigenvalue weighted by molar-refractivity contribution is 0.332. The second-order valence-corrected chi connectivity index (χ2v) is 14.8. The van der Waals surface area contributed by atoms with E-state index in [0.717, 1.165) is 5.69 Å². The summed E-state index contributed by atoms with van der Waals surface area (Å²) in [6, 6.07) is 11.6. The smallest absolute Gasteiger partial charge is 0.0777 e. The van der Waals surface area contributed by atoms with Crippen molar-refractivity contribution in [2.45, 2.75) is 71.0 Å². The molecule has 1 aromatic carbocycles. The molecule has 0 aliphatic heterocycles. The quantitative estimate of drug-likeness (QED) is 0.646. The van der Waals surface area contributed by atoms with Crippen LogP contribution in [0.1, 0.15) is 51.7 Å². The first-order chi connectivity index (χ1) is 11.0. The highest BCUT2D eigenvalue weighted by Gasteiger charge is 2.37. The molecule has 2 aromatic rings. The van der Waals surface area contributed by atoms with Gasteiger partial charge in [-0.2, -0.15) is 0 Å². The van der Waals surface area contributed by atoms with E-state index >= 15 is 0 Å². The van der Waals surface area contributed by atoms with Gasteiger partial charge in [0.1, 0.15) is 0 Å². The molecule has 0 bridgehead atoms. The van der Waals surface area contributed by atoms with E-state index in [9.17, 15) is 0 Å². The summed E-state index contributed by atoms with van der Waals surface area (Å²) in [4.78, 5) is 4.68. The average Bonchev–Trinajstić information content (AvgIpc) is 2.51. The summed E-state index contributed by atoms with van der Waals surface area (Å²) in [6.45, 7) is 16.7. The average molecular weight is 338 g/mol. The zero-order chi connectivity index (χ0) is 17.8. The maximum absolute atomic E-state index is 4.68. The molecule has 0 radical (unpaired) electrons. The minimum atomic E-state index is -1.32. The van der Waals surface area contributed by atoms with Crippen LogP contribution in [-0.2, 0) is 10.8 Å². The molecule has 3 rings (SSSR count). The fourth-order valence-corrected chi connectivity index (χ4v) is 4.95. The lowest BCUT2D eigenvalue weighted by Gasteiger charge is -2.42. The van der Waals surface area contributed by atoms with Crippen LogP contribution in [0.15, 0.2) is 36.5 Å². The van der Waals surface area contributed by atoms with Crippen LogP contribution in [0.5, 0.6) is 0 Å². The van der Waals surface area contributed by atoms with Crippen molar-refractivity contribution in [3.63, 3.8) is 0 Å². The Morgan fingerprint density at radius 3 is 2.08 bits per heavy atom. The summed E-state index contributed by atoms with van der Waals surface area (Å²) < 4.78 is 0. The zero-order valence-corrected chi connectivity index (χ0v) is 17.3. The van der Waals surface area contributed by atoms with Crippen LogP contribution in [0, 0.1) is 0 Å². The van der Waals surface area contributed by atoms with E-state index in [2.05, 4.69) is 82.7 Å². The number of fused-ring (bicyclic) bond motifs is 1. The monoisotopic (exact) mass is 337 g/mol. The summed E-state index contributed by atoms with van der Waals surface area (Å²) in [5.41, 5.74) is 5.94. The molecule has 0 unspecified atom stereocenters. The predicted molar refractivity (Wildman–Crippen MR) is 108 cm³/mol. The lowest BCUT2D eigenvalue weighted by atomic mass is 9.63. The van der Waals surface area contributed by atoms with Crippen molar-refractivity contribution in [3.8, 4) is 11.3 Å². The fourth-order valence-electron chi connectivity index (χ4n) is 3.80. The number of pyridine rings is 1. The van der Waals surface area contributed by atoms with Gasteiger partial charge >= 0.3 is 0 Å². The summed E-state index contributed by atoms with van der Waals surface area (Å²) in [5.74, 6) is 0. The Kier molecular flexibility index (Phi) is 4.03. The summed E-state index contributed by atoms with van der Waals surface area (Å²) in [5, 5.41) is 1.48. The Bertz CT molecular complexity index is 766. The zero-order valence-electron chi connectivity index (χ0n) is 16.3. The Balaban J connectivity index is 2.12. The van der Waals surface area contributed by atoms with Gasteiger partial charge in [-0.3, -0.25) is 4.98 Å². The minimum Gasteiger partial charge on any atom is -0.256 e. The third-order valence-electron chi connectivity index (χ3n) is 5.77. The summed E-state index contributed by atoms with van der Waals surface area (Å²) in [6.07, 6.45) is 4.49. The standard InChI is InChI=1S/C22H31NSi/c1-21(2)11-12-22(3,4)19-14-16(8-9-18(19)21)20-15-17(10-13-23-20)24(5,6)7/h8-10,13-15H,11-12H2,1-7H3. The van der Waals surface area contributed by atoms with E-state index in [-0.39, 0.29) is 10.8 Å². The highest BCUT2D eigenvalue weighted by atomic mass is 28.3. The van der Waals surface area contributed by atoms with Gasteiger partial charge in [0.2, 0.25) is 0 Å².